The summed E-state index contributed by atoms with van der Waals surface area (Å²) in [4.78, 5) is 4.43. The Morgan fingerprint density at radius 2 is 1.95 bits per heavy atom. The number of likely N-dealkylation sites (N-methyl/N-ethyl adjacent to an activating group) is 2. The molecule has 112 valence electrons. The van der Waals surface area contributed by atoms with Crippen molar-refractivity contribution in [2.45, 2.75) is 37.8 Å². The molecule has 0 amide bonds. The van der Waals surface area contributed by atoms with E-state index < -0.39 is 6.10 Å². The van der Waals surface area contributed by atoms with E-state index in [0.29, 0.717) is 5.56 Å². The molecule has 0 bridgehead atoms. The number of aliphatic hydroxyl groups excluding tert-OH is 1. The molecule has 1 fully saturated rings. The average Bonchev–Trinajstić information content (AvgIpc) is 2.32. The number of aliphatic hydroxyl groups is 1. The first-order valence-corrected chi connectivity index (χ1v) is 7.22. The van der Waals surface area contributed by atoms with Gasteiger partial charge in [0.05, 0.1) is 6.10 Å². The topological polar surface area (TPSA) is 26.7 Å². The van der Waals surface area contributed by atoms with Crippen LogP contribution in [0.3, 0.4) is 0 Å². The molecule has 3 nitrogen and oxygen atoms in total. The van der Waals surface area contributed by atoms with Crippen LogP contribution in [0, 0.1) is 5.82 Å². The van der Waals surface area contributed by atoms with Crippen molar-refractivity contribution in [3.63, 3.8) is 0 Å². The molecule has 1 aliphatic carbocycles. The Labute approximate surface area is 121 Å². The van der Waals surface area contributed by atoms with Crippen LogP contribution in [0.2, 0.25) is 0 Å². The molecule has 0 spiro atoms. The molecule has 1 atom stereocenters. The minimum Gasteiger partial charge on any atom is -0.389 e. The third-order valence-corrected chi connectivity index (χ3v) is 4.62. The van der Waals surface area contributed by atoms with Crippen molar-refractivity contribution in [1.29, 1.82) is 0 Å². The van der Waals surface area contributed by atoms with E-state index in [9.17, 15) is 9.50 Å². The standard InChI is InChI=1S/C16H25FN2O/c1-12(20)14-10-13(17)6-7-15(14)19(4)11-16(18(2)3)8-5-9-16/h6-7,10,12,20H,5,8-9,11H2,1-4H3/t12-/m0/s1. The SMILES string of the molecule is C[C@H](O)c1cc(F)ccc1N(C)CC1(N(C)C)CCC1. The quantitative estimate of drug-likeness (QED) is 0.898. The summed E-state index contributed by atoms with van der Waals surface area (Å²) < 4.78 is 13.4. The Hall–Kier alpha value is -1.13. The largest absolute Gasteiger partial charge is 0.389 e. The molecule has 1 aliphatic rings. The van der Waals surface area contributed by atoms with E-state index in [0.717, 1.165) is 12.2 Å². The summed E-state index contributed by atoms with van der Waals surface area (Å²) in [6.45, 7) is 2.57. The number of hydrogen-bond donors (Lipinski definition) is 1. The van der Waals surface area contributed by atoms with Crippen molar-refractivity contribution in [3.05, 3.63) is 29.6 Å². The predicted molar refractivity (Wildman–Crippen MR) is 80.6 cm³/mol. The van der Waals surface area contributed by atoms with E-state index in [-0.39, 0.29) is 11.4 Å². The Balaban J connectivity index is 2.23. The summed E-state index contributed by atoms with van der Waals surface area (Å²) in [5.74, 6) is -0.302. The second-order valence-electron chi connectivity index (χ2n) is 6.21. The number of rotatable bonds is 5. The van der Waals surface area contributed by atoms with Crippen LogP contribution in [0.1, 0.15) is 37.9 Å². The highest BCUT2D eigenvalue weighted by molar-refractivity contribution is 5.54. The van der Waals surface area contributed by atoms with E-state index in [1.54, 1.807) is 13.0 Å². The van der Waals surface area contributed by atoms with Crippen LogP contribution in [0.5, 0.6) is 0 Å². The molecule has 0 aromatic heterocycles. The third-order valence-electron chi connectivity index (χ3n) is 4.62. The summed E-state index contributed by atoms with van der Waals surface area (Å²) in [6, 6.07) is 4.65. The van der Waals surface area contributed by atoms with E-state index >= 15 is 0 Å². The van der Waals surface area contributed by atoms with Gasteiger partial charge in [-0.05, 0) is 58.5 Å². The number of hydrogen-bond acceptors (Lipinski definition) is 3. The normalized spacial score (nSPS) is 18.8. The highest BCUT2D eigenvalue weighted by Crippen LogP contribution is 2.38. The molecular weight excluding hydrogens is 255 g/mol. The fraction of sp³-hybridized carbons (Fsp3) is 0.625. The Morgan fingerprint density at radius 3 is 2.40 bits per heavy atom. The zero-order valence-corrected chi connectivity index (χ0v) is 12.9. The highest BCUT2D eigenvalue weighted by Gasteiger charge is 2.40. The van der Waals surface area contributed by atoms with Crippen LogP contribution in [-0.2, 0) is 0 Å². The van der Waals surface area contributed by atoms with Gasteiger partial charge in [0.2, 0.25) is 0 Å². The van der Waals surface area contributed by atoms with Gasteiger partial charge < -0.3 is 14.9 Å². The maximum absolute atomic E-state index is 13.4. The van der Waals surface area contributed by atoms with Crippen LogP contribution in [0.15, 0.2) is 18.2 Å². The average molecular weight is 280 g/mol. The molecule has 20 heavy (non-hydrogen) atoms. The maximum atomic E-state index is 13.4. The minimum atomic E-state index is -0.667. The maximum Gasteiger partial charge on any atom is 0.123 e. The van der Waals surface area contributed by atoms with Crippen LogP contribution in [-0.4, -0.2) is 43.2 Å². The molecule has 1 aromatic rings. The summed E-state index contributed by atoms with van der Waals surface area (Å²) in [5.41, 5.74) is 1.77. The highest BCUT2D eigenvalue weighted by atomic mass is 19.1. The fourth-order valence-electron chi connectivity index (χ4n) is 3.07. The minimum absolute atomic E-state index is 0.207. The third kappa shape index (κ3) is 2.81. The van der Waals surface area contributed by atoms with Crippen molar-refractivity contribution in [1.82, 2.24) is 4.90 Å². The molecule has 0 saturated heterocycles. The first-order chi connectivity index (χ1) is 9.35. The number of anilines is 1. The van der Waals surface area contributed by atoms with Gasteiger partial charge in [0.25, 0.3) is 0 Å². The van der Waals surface area contributed by atoms with Gasteiger partial charge >= 0.3 is 0 Å². The molecule has 0 radical (unpaired) electrons. The molecule has 2 rings (SSSR count). The van der Waals surface area contributed by atoms with Gasteiger partial charge in [-0.1, -0.05) is 0 Å². The zero-order chi connectivity index (χ0) is 14.9. The van der Waals surface area contributed by atoms with Crippen LogP contribution in [0.4, 0.5) is 10.1 Å². The summed E-state index contributed by atoms with van der Waals surface area (Å²) >= 11 is 0. The molecule has 0 aliphatic heterocycles. The number of benzene rings is 1. The van der Waals surface area contributed by atoms with Crippen LogP contribution < -0.4 is 4.90 Å². The molecule has 1 N–H and O–H groups in total. The summed E-state index contributed by atoms with van der Waals surface area (Å²) in [6.07, 6.45) is 2.98. The first kappa shape index (κ1) is 15.3. The summed E-state index contributed by atoms with van der Waals surface area (Å²) in [5, 5.41) is 9.85. The van der Waals surface area contributed by atoms with Gasteiger partial charge in [0.1, 0.15) is 5.82 Å². The molecule has 1 aromatic carbocycles. The molecule has 0 unspecified atom stereocenters. The fourth-order valence-corrected chi connectivity index (χ4v) is 3.07. The van der Waals surface area contributed by atoms with Crippen molar-refractivity contribution < 1.29 is 9.50 Å². The summed E-state index contributed by atoms with van der Waals surface area (Å²) in [7, 11) is 6.25. The van der Waals surface area contributed by atoms with Crippen molar-refractivity contribution in [2.75, 3.05) is 32.6 Å². The van der Waals surface area contributed by atoms with Gasteiger partial charge in [-0.3, -0.25) is 0 Å². The van der Waals surface area contributed by atoms with Gasteiger partial charge in [0.15, 0.2) is 0 Å². The van der Waals surface area contributed by atoms with Gasteiger partial charge in [-0.25, -0.2) is 4.39 Å². The Bertz CT molecular complexity index is 470. The lowest BCUT2D eigenvalue weighted by Crippen LogP contribution is -2.56. The van der Waals surface area contributed by atoms with Gasteiger partial charge in [-0.15, -0.1) is 0 Å². The molecule has 1 saturated carbocycles. The van der Waals surface area contributed by atoms with Crippen molar-refractivity contribution in [3.8, 4) is 0 Å². The smallest absolute Gasteiger partial charge is 0.123 e. The second-order valence-corrected chi connectivity index (χ2v) is 6.21. The number of nitrogens with zero attached hydrogens (tertiary/aromatic N) is 2. The van der Waals surface area contributed by atoms with E-state index in [2.05, 4.69) is 23.9 Å². The van der Waals surface area contributed by atoms with Crippen LogP contribution in [0.25, 0.3) is 0 Å². The number of halogens is 1. The second kappa shape index (κ2) is 5.70. The lowest BCUT2D eigenvalue weighted by Gasteiger charge is -2.49. The zero-order valence-electron chi connectivity index (χ0n) is 12.9. The Kier molecular flexibility index (Phi) is 4.35. The Morgan fingerprint density at radius 1 is 1.30 bits per heavy atom. The lowest BCUT2D eigenvalue weighted by atomic mass is 9.75. The van der Waals surface area contributed by atoms with Gasteiger partial charge in [0, 0.05) is 30.4 Å². The molecule has 4 heteroatoms. The van der Waals surface area contributed by atoms with Crippen molar-refractivity contribution in [2.24, 2.45) is 0 Å². The monoisotopic (exact) mass is 280 g/mol. The van der Waals surface area contributed by atoms with E-state index in [4.69, 9.17) is 0 Å². The van der Waals surface area contributed by atoms with Gasteiger partial charge in [-0.2, -0.15) is 0 Å². The van der Waals surface area contributed by atoms with E-state index in [1.807, 2.05) is 7.05 Å². The predicted octanol–water partition coefficient (Wildman–Crippen LogP) is 2.80. The molecule has 0 heterocycles. The van der Waals surface area contributed by atoms with Crippen molar-refractivity contribution >= 4 is 5.69 Å². The first-order valence-electron chi connectivity index (χ1n) is 7.22. The lowest BCUT2D eigenvalue weighted by molar-refractivity contribution is 0.0682. The van der Waals surface area contributed by atoms with Crippen LogP contribution >= 0.6 is 0 Å². The van der Waals surface area contributed by atoms with E-state index in [1.165, 1.54) is 31.4 Å². The molecular formula is C16H25FN2O.